The van der Waals surface area contributed by atoms with E-state index in [1.165, 1.54) is 24.8 Å². The molecule has 3 nitrogen and oxygen atoms in total. The molecule has 126 valence electrons. The van der Waals surface area contributed by atoms with E-state index in [0.717, 1.165) is 36.8 Å². The summed E-state index contributed by atoms with van der Waals surface area (Å²) < 4.78 is 1.12. The van der Waals surface area contributed by atoms with Crippen molar-refractivity contribution in [3.8, 4) is 0 Å². The van der Waals surface area contributed by atoms with Crippen LogP contribution < -0.4 is 0 Å². The molecule has 2 aliphatic rings. The maximum absolute atomic E-state index is 12.8. The molecule has 1 amide bonds. The zero-order chi connectivity index (χ0) is 16.2. The predicted molar refractivity (Wildman–Crippen MR) is 97.3 cm³/mol. The molecule has 0 bridgehead atoms. The summed E-state index contributed by atoms with van der Waals surface area (Å²) in [7, 11) is 0. The molecule has 0 unspecified atom stereocenters. The first-order chi connectivity index (χ1) is 11.2. The lowest BCUT2D eigenvalue weighted by molar-refractivity contribution is -0.136. The van der Waals surface area contributed by atoms with E-state index in [0.29, 0.717) is 24.5 Å². The van der Waals surface area contributed by atoms with Crippen LogP contribution in [0.3, 0.4) is 0 Å². The molecule has 1 aromatic rings. The van der Waals surface area contributed by atoms with Crippen molar-refractivity contribution in [2.24, 2.45) is 0 Å². The summed E-state index contributed by atoms with van der Waals surface area (Å²) in [4.78, 5) is 17.4. The normalized spacial score (nSPS) is 25.7. The van der Waals surface area contributed by atoms with E-state index >= 15 is 0 Å². The van der Waals surface area contributed by atoms with Gasteiger partial charge in [0, 0.05) is 23.1 Å². The van der Waals surface area contributed by atoms with Gasteiger partial charge in [-0.15, -0.1) is 0 Å². The number of hydrogen-bond donors (Lipinski definition) is 0. The summed E-state index contributed by atoms with van der Waals surface area (Å²) in [5.41, 5.74) is 1.33. The third-order valence-electron chi connectivity index (χ3n) is 5.35. The second-order valence-electron chi connectivity index (χ2n) is 6.83. The average molecular weight is 379 g/mol. The van der Waals surface area contributed by atoms with Gasteiger partial charge < -0.3 is 4.90 Å². The first-order valence-electron chi connectivity index (χ1n) is 8.98. The van der Waals surface area contributed by atoms with Gasteiger partial charge in [-0.25, -0.2) is 0 Å². The first kappa shape index (κ1) is 17.0. The van der Waals surface area contributed by atoms with E-state index in [1.54, 1.807) is 0 Å². The van der Waals surface area contributed by atoms with Crippen molar-refractivity contribution in [2.75, 3.05) is 19.6 Å². The summed E-state index contributed by atoms with van der Waals surface area (Å²) in [5.74, 6) is 0.332. The summed E-state index contributed by atoms with van der Waals surface area (Å²) >= 11 is 3.57. The smallest absolute Gasteiger partial charge is 0.237 e. The van der Waals surface area contributed by atoms with Crippen LogP contribution in [0.1, 0.15) is 57.1 Å². The van der Waals surface area contributed by atoms with E-state index in [2.05, 4.69) is 56.9 Å². The highest BCUT2D eigenvalue weighted by Crippen LogP contribution is 2.33. The zero-order valence-corrected chi connectivity index (χ0v) is 15.6. The molecule has 2 atom stereocenters. The van der Waals surface area contributed by atoms with Crippen molar-refractivity contribution < 1.29 is 4.79 Å². The summed E-state index contributed by atoms with van der Waals surface area (Å²) in [5, 5.41) is 0. The molecular weight excluding hydrogens is 352 g/mol. The van der Waals surface area contributed by atoms with Crippen LogP contribution in [0.5, 0.6) is 0 Å². The largest absolute Gasteiger partial charge is 0.339 e. The molecule has 2 fully saturated rings. The van der Waals surface area contributed by atoms with Gasteiger partial charge in [-0.2, -0.15) is 0 Å². The summed E-state index contributed by atoms with van der Waals surface area (Å²) in [6, 6.07) is 9.39. The minimum atomic E-state index is 0.332. The molecular formula is C19H27BrN2O. The van der Waals surface area contributed by atoms with E-state index in [-0.39, 0.29) is 0 Å². The van der Waals surface area contributed by atoms with Crippen LogP contribution in [0, 0.1) is 0 Å². The van der Waals surface area contributed by atoms with E-state index < -0.39 is 0 Å². The number of nitrogens with zero attached hydrogens (tertiary/aromatic N) is 2. The number of hydrogen-bond acceptors (Lipinski definition) is 2. The van der Waals surface area contributed by atoms with E-state index in [4.69, 9.17) is 0 Å². The molecule has 1 aromatic carbocycles. The molecule has 0 aliphatic carbocycles. The molecule has 2 heterocycles. The zero-order valence-electron chi connectivity index (χ0n) is 14.0. The van der Waals surface area contributed by atoms with Crippen molar-refractivity contribution in [3.63, 3.8) is 0 Å². The van der Waals surface area contributed by atoms with Crippen molar-refractivity contribution in [1.29, 1.82) is 0 Å². The molecule has 0 aromatic heterocycles. The third-order valence-corrected chi connectivity index (χ3v) is 5.85. The minimum absolute atomic E-state index is 0.332. The van der Waals surface area contributed by atoms with Gasteiger partial charge >= 0.3 is 0 Å². The molecule has 0 N–H and O–H groups in total. The van der Waals surface area contributed by atoms with Crippen LogP contribution >= 0.6 is 15.9 Å². The highest BCUT2D eigenvalue weighted by atomic mass is 79.9. The molecule has 0 spiro atoms. The summed E-state index contributed by atoms with van der Waals surface area (Å²) in [6.07, 6.45) is 7.03. The number of carbonyl (C=O) groups excluding carboxylic acids is 1. The van der Waals surface area contributed by atoms with Crippen molar-refractivity contribution in [2.45, 2.75) is 57.5 Å². The fourth-order valence-electron chi connectivity index (χ4n) is 4.12. The maximum Gasteiger partial charge on any atom is 0.237 e. The second-order valence-corrected chi connectivity index (χ2v) is 7.74. The van der Waals surface area contributed by atoms with Gasteiger partial charge in [-0.3, -0.25) is 9.69 Å². The third kappa shape index (κ3) is 3.97. The molecule has 3 rings (SSSR count). The molecule has 2 aliphatic heterocycles. The van der Waals surface area contributed by atoms with Gasteiger partial charge in [0.15, 0.2) is 0 Å². The fraction of sp³-hybridized carbons (Fsp3) is 0.632. The van der Waals surface area contributed by atoms with Crippen LogP contribution in [-0.4, -0.2) is 41.4 Å². The Balaban J connectivity index is 1.67. The highest BCUT2D eigenvalue weighted by molar-refractivity contribution is 9.10. The van der Waals surface area contributed by atoms with Crippen LogP contribution in [0.4, 0.5) is 0 Å². The van der Waals surface area contributed by atoms with Gasteiger partial charge in [-0.05, 0) is 62.8 Å². The Morgan fingerprint density at radius 2 is 2.09 bits per heavy atom. The minimum Gasteiger partial charge on any atom is -0.339 e. The Labute approximate surface area is 148 Å². The predicted octanol–water partition coefficient (Wildman–Crippen LogP) is 4.38. The first-order valence-corrected chi connectivity index (χ1v) is 9.77. The Kier molecular flexibility index (Phi) is 5.76. The van der Waals surface area contributed by atoms with Crippen molar-refractivity contribution >= 4 is 21.8 Å². The van der Waals surface area contributed by atoms with Gasteiger partial charge in [0.25, 0.3) is 0 Å². The van der Waals surface area contributed by atoms with Crippen molar-refractivity contribution in [3.05, 3.63) is 34.3 Å². The lowest BCUT2D eigenvalue weighted by Gasteiger charge is -2.37. The number of likely N-dealkylation sites (tertiary alicyclic amines) is 2. The Morgan fingerprint density at radius 1 is 1.22 bits per heavy atom. The van der Waals surface area contributed by atoms with E-state index in [1.807, 2.05) is 0 Å². The van der Waals surface area contributed by atoms with Crippen LogP contribution in [0.25, 0.3) is 0 Å². The number of rotatable bonds is 4. The number of amides is 1. The van der Waals surface area contributed by atoms with Crippen LogP contribution in [0.15, 0.2) is 28.7 Å². The van der Waals surface area contributed by atoms with Crippen molar-refractivity contribution in [1.82, 2.24) is 9.80 Å². The average Bonchev–Trinajstić information content (AvgIpc) is 3.03. The fourth-order valence-corrected chi connectivity index (χ4v) is 4.54. The number of halogens is 1. The monoisotopic (exact) mass is 378 g/mol. The quantitative estimate of drug-likeness (QED) is 0.775. The Bertz CT molecular complexity index is 548. The second kappa shape index (κ2) is 7.80. The van der Waals surface area contributed by atoms with Gasteiger partial charge in [0.1, 0.15) is 0 Å². The Morgan fingerprint density at radius 3 is 2.87 bits per heavy atom. The summed E-state index contributed by atoms with van der Waals surface area (Å²) in [6.45, 7) is 4.77. The molecule has 0 saturated carbocycles. The molecule has 2 saturated heterocycles. The van der Waals surface area contributed by atoms with Gasteiger partial charge in [-0.1, -0.05) is 35.0 Å². The molecule has 0 radical (unpaired) electrons. The lowest BCUT2D eigenvalue weighted by Crippen LogP contribution is -2.47. The Hall–Kier alpha value is -0.870. The molecule has 4 heteroatoms. The lowest BCUT2D eigenvalue weighted by atomic mass is 10.00. The maximum atomic E-state index is 12.8. The van der Waals surface area contributed by atoms with Gasteiger partial charge in [0.2, 0.25) is 5.91 Å². The van der Waals surface area contributed by atoms with Crippen LogP contribution in [0.2, 0.25) is 0 Å². The molecule has 23 heavy (non-hydrogen) atoms. The topological polar surface area (TPSA) is 23.6 Å². The van der Waals surface area contributed by atoms with Crippen LogP contribution in [-0.2, 0) is 4.79 Å². The SMILES string of the molecule is CC[C@@H]1CCCCN1C(=O)CN1CCC[C@@H]1c1cccc(Br)c1. The van der Waals surface area contributed by atoms with Gasteiger partial charge in [0.05, 0.1) is 6.54 Å². The standard InChI is InChI=1S/C19H27BrN2O/c1-2-17-9-3-4-12-22(17)19(23)14-21-11-6-10-18(21)15-7-5-8-16(20)13-15/h5,7-8,13,17-18H,2-4,6,9-12,14H2,1H3/t17-,18-/m1/s1. The highest BCUT2D eigenvalue weighted by Gasteiger charge is 2.31. The number of carbonyl (C=O) groups is 1. The number of piperidine rings is 1. The number of benzene rings is 1. The van der Waals surface area contributed by atoms with E-state index in [9.17, 15) is 4.79 Å².